The molecular formula is C20H23ClN2O5S. The monoisotopic (exact) mass is 438 g/mol. The normalized spacial score (nSPS) is 17.6. The molecule has 1 saturated heterocycles. The van der Waals surface area contributed by atoms with Crippen molar-refractivity contribution < 1.29 is 22.7 Å². The average molecular weight is 439 g/mol. The van der Waals surface area contributed by atoms with E-state index in [1.54, 1.807) is 18.2 Å². The number of halogens is 1. The highest BCUT2D eigenvalue weighted by atomic mass is 35.5. The molecule has 29 heavy (non-hydrogen) atoms. The van der Waals surface area contributed by atoms with Crippen LogP contribution < -0.4 is 14.8 Å². The van der Waals surface area contributed by atoms with Crippen molar-refractivity contribution in [1.29, 1.82) is 0 Å². The van der Waals surface area contributed by atoms with Gasteiger partial charge in [-0.2, -0.15) is 0 Å². The maximum Gasteiger partial charge on any atom is 0.262 e. The first-order valence-electron chi connectivity index (χ1n) is 9.19. The quantitative estimate of drug-likeness (QED) is 0.690. The molecule has 1 amide bonds. The van der Waals surface area contributed by atoms with Crippen LogP contribution in [0, 0.1) is 0 Å². The molecule has 7 nitrogen and oxygen atoms in total. The van der Waals surface area contributed by atoms with Gasteiger partial charge in [-0.1, -0.05) is 17.7 Å². The van der Waals surface area contributed by atoms with E-state index in [0.717, 1.165) is 12.8 Å². The molecule has 0 aliphatic carbocycles. The summed E-state index contributed by atoms with van der Waals surface area (Å²) < 4.78 is 38.9. The van der Waals surface area contributed by atoms with Crippen molar-refractivity contribution in [2.24, 2.45) is 0 Å². The van der Waals surface area contributed by atoms with Gasteiger partial charge in [0.25, 0.3) is 15.9 Å². The number of hydrogen-bond acceptors (Lipinski definition) is 5. The number of amides is 1. The van der Waals surface area contributed by atoms with E-state index in [9.17, 15) is 13.2 Å². The Balaban J connectivity index is 1.79. The van der Waals surface area contributed by atoms with Crippen LogP contribution in [0.15, 0.2) is 47.4 Å². The molecule has 0 spiro atoms. The van der Waals surface area contributed by atoms with E-state index < -0.39 is 10.0 Å². The van der Waals surface area contributed by atoms with Gasteiger partial charge in [0.2, 0.25) is 0 Å². The number of nitrogens with one attached hydrogen (secondary N) is 2. The SMILES string of the molecule is COc1ccc(Cl)cc1NS(=O)(=O)c1cccc(C(=O)NC(C)C2CCCO2)c1. The topological polar surface area (TPSA) is 93.7 Å². The molecule has 0 radical (unpaired) electrons. The summed E-state index contributed by atoms with van der Waals surface area (Å²) in [5.74, 6) is -0.0253. The van der Waals surface area contributed by atoms with Crippen molar-refractivity contribution in [3.8, 4) is 5.75 Å². The summed E-state index contributed by atoms with van der Waals surface area (Å²) in [5, 5.41) is 3.24. The zero-order valence-electron chi connectivity index (χ0n) is 16.1. The molecule has 2 aromatic rings. The first-order valence-corrected chi connectivity index (χ1v) is 11.0. The summed E-state index contributed by atoms with van der Waals surface area (Å²) in [5.41, 5.74) is 0.456. The van der Waals surface area contributed by atoms with Crippen molar-refractivity contribution in [3.63, 3.8) is 0 Å². The van der Waals surface area contributed by atoms with Crippen LogP contribution in [-0.4, -0.2) is 40.2 Å². The second-order valence-corrected chi connectivity index (χ2v) is 8.91. The molecule has 1 aliphatic rings. The van der Waals surface area contributed by atoms with Crippen LogP contribution in [0.3, 0.4) is 0 Å². The Kier molecular flexibility index (Phi) is 6.66. The lowest BCUT2D eigenvalue weighted by atomic mass is 10.1. The molecule has 1 heterocycles. The summed E-state index contributed by atoms with van der Waals surface area (Å²) in [6.07, 6.45) is 1.83. The second-order valence-electron chi connectivity index (χ2n) is 6.79. The van der Waals surface area contributed by atoms with E-state index in [0.29, 0.717) is 17.4 Å². The Hall–Kier alpha value is -2.29. The zero-order valence-corrected chi connectivity index (χ0v) is 17.7. The van der Waals surface area contributed by atoms with Crippen molar-refractivity contribution >= 4 is 33.2 Å². The Morgan fingerprint density at radius 3 is 2.76 bits per heavy atom. The van der Waals surface area contributed by atoms with Crippen molar-refractivity contribution in [2.75, 3.05) is 18.4 Å². The van der Waals surface area contributed by atoms with Crippen LogP contribution in [0.1, 0.15) is 30.1 Å². The first-order chi connectivity index (χ1) is 13.8. The molecule has 1 aliphatic heterocycles. The number of methoxy groups -OCH3 is 1. The van der Waals surface area contributed by atoms with E-state index in [1.807, 2.05) is 6.92 Å². The van der Waals surface area contributed by atoms with Gasteiger partial charge in [-0.15, -0.1) is 0 Å². The highest BCUT2D eigenvalue weighted by Gasteiger charge is 2.25. The molecule has 2 aromatic carbocycles. The third kappa shape index (κ3) is 5.20. The summed E-state index contributed by atoms with van der Waals surface area (Å²) in [6.45, 7) is 2.57. The fraction of sp³-hybridized carbons (Fsp3) is 0.350. The number of benzene rings is 2. The van der Waals surface area contributed by atoms with Crippen LogP contribution in [0.2, 0.25) is 5.02 Å². The summed E-state index contributed by atoms with van der Waals surface area (Å²) in [7, 11) is -2.52. The molecule has 2 atom stereocenters. The number of sulfonamides is 1. The predicted octanol–water partition coefficient (Wildman–Crippen LogP) is 3.45. The smallest absolute Gasteiger partial charge is 0.262 e. The average Bonchev–Trinajstić information content (AvgIpc) is 3.23. The number of carbonyl (C=O) groups excluding carboxylic acids is 1. The lowest BCUT2D eigenvalue weighted by molar-refractivity contribution is 0.0712. The number of hydrogen-bond donors (Lipinski definition) is 2. The van der Waals surface area contributed by atoms with Crippen LogP contribution >= 0.6 is 11.6 Å². The number of anilines is 1. The summed E-state index contributed by atoms with van der Waals surface area (Å²) >= 11 is 5.96. The number of carbonyl (C=O) groups is 1. The lowest BCUT2D eigenvalue weighted by Crippen LogP contribution is -2.40. The molecule has 0 bridgehead atoms. The van der Waals surface area contributed by atoms with E-state index >= 15 is 0 Å². The highest BCUT2D eigenvalue weighted by molar-refractivity contribution is 7.92. The minimum atomic E-state index is -3.96. The van der Waals surface area contributed by atoms with Gasteiger partial charge < -0.3 is 14.8 Å². The minimum Gasteiger partial charge on any atom is -0.495 e. The largest absolute Gasteiger partial charge is 0.495 e. The molecule has 9 heteroatoms. The molecule has 0 saturated carbocycles. The lowest BCUT2D eigenvalue weighted by Gasteiger charge is -2.20. The molecule has 1 fully saturated rings. The fourth-order valence-corrected chi connectivity index (χ4v) is 4.43. The molecule has 2 N–H and O–H groups in total. The molecule has 3 rings (SSSR count). The van der Waals surface area contributed by atoms with Crippen LogP contribution in [0.25, 0.3) is 0 Å². The minimum absolute atomic E-state index is 0.0252. The number of ether oxygens (including phenoxy) is 2. The van der Waals surface area contributed by atoms with Gasteiger partial charge >= 0.3 is 0 Å². The van der Waals surface area contributed by atoms with E-state index in [-0.39, 0.29) is 34.2 Å². The fourth-order valence-electron chi connectivity index (χ4n) is 3.15. The zero-order chi connectivity index (χ0) is 21.0. The van der Waals surface area contributed by atoms with Crippen LogP contribution in [0.5, 0.6) is 5.75 Å². The summed E-state index contributed by atoms with van der Waals surface area (Å²) in [4.78, 5) is 12.5. The maximum absolute atomic E-state index is 12.8. The Morgan fingerprint density at radius 1 is 1.28 bits per heavy atom. The van der Waals surface area contributed by atoms with Gasteiger partial charge in [-0.05, 0) is 56.2 Å². The second kappa shape index (κ2) is 9.02. The van der Waals surface area contributed by atoms with Gasteiger partial charge in [0.15, 0.2) is 0 Å². The van der Waals surface area contributed by atoms with Crippen LogP contribution in [-0.2, 0) is 14.8 Å². The van der Waals surface area contributed by atoms with E-state index in [1.165, 1.54) is 31.4 Å². The van der Waals surface area contributed by atoms with Gasteiger partial charge in [-0.25, -0.2) is 8.42 Å². The van der Waals surface area contributed by atoms with E-state index in [2.05, 4.69) is 10.0 Å². The van der Waals surface area contributed by atoms with Crippen LogP contribution in [0.4, 0.5) is 5.69 Å². The van der Waals surface area contributed by atoms with Gasteiger partial charge in [0, 0.05) is 17.2 Å². The van der Waals surface area contributed by atoms with Gasteiger partial charge in [0.05, 0.1) is 29.8 Å². The highest BCUT2D eigenvalue weighted by Crippen LogP contribution is 2.30. The summed E-state index contributed by atoms with van der Waals surface area (Å²) in [6, 6.07) is 10.3. The molecule has 156 valence electrons. The molecular weight excluding hydrogens is 416 g/mol. The van der Waals surface area contributed by atoms with Crippen molar-refractivity contribution in [2.45, 2.75) is 36.8 Å². The van der Waals surface area contributed by atoms with Gasteiger partial charge in [0.1, 0.15) is 5.75 Å². The standard InChI is InChI=1S/C20H23ClN2O5S/c1-13(18-7-4-10-28-18)22-20(24)14-5-3-6-16(11-14)29(25,26)23-17-12-15(21)8-9-19(17)27-2/h3,5-6,8-9,11-13,18,23H,4,7,10H2,1-2H3,(H,22,24). The predicted molar refractivity (Wildman–Crippen MR) is 111 cm³/mol. The molecule has 0 aromatic heterocycles. The third-order valence-electron chi connectivity index (χ3n) is 4.69. The first kappa shape index (κ1) is 21.4. The Labute approximate surface area is 175 Å². The Bertz CT molecular complexity index is 990. The Morgan fingerprint density at radius 2 is 2.07 bits per heavy atom. The third-order valence-corrected chi connectivity index (χ3v) is 6.29. The van der Waals surface area contributed by atoms with Crippen molar-refractivity contribution in [1.82, 2.24) is 5.32 Å². The van der Waals surface area contributed by atoms with E-state index in [4.69, 9.17) is 21.1 Å². The van der Waals surface area contributed by atoms with Crippen molar-refractivity contribution in [3.05, 3.63) is 53.1 Å². The number of rotatable bonds is 7. The maximum atomic E-state index is 12.8. The molecule has 2 unspecified atom stereocenters. The van der Waals surface area contributed by atoms with Gasteiger partial charge in [-0.3, -0.25) is 9.52 Å².